The van der Waals surface area contributed by atoms with Crippen LogP contribution in [-0.4, -0.2) is 41.9 Å². The summed E-state index contributed by atoms with van der Waals surface area (Å²) in [7, 11) is 0. The third kappa shape index (κ3) is 2.68. The maximum Gasteiger partial charge on any atom is 0.257 e. The number of amides is 1. The Bertz CT molecular complexity index is 999. The number of benzene rings is 2. The van der Waals surface area contributed by atoms with Gasteiger partial charge in [0.05, 0.1) is 11.6 Å². The highest BCUT2D eigenvalue weighted by atomic mass is 16.3. The highest BCUT2D eigenvalue weighted by Gasteiger charge is 2.35. The van der Waals surface area contributed by atoms with Gasteiger partial charge in [-0.3, -0.25) is 9.69 Å². The Kier molecular flexibility index (Phi) is 4.09. The van der Waals surface area contributed by atoms with Crippen LogP contribution in [0.3, 0.4) is 0 Å². The van der Waals surface area contributed by atoms with Crippen molar-refractivity contribution < 1.29 is 9.21 Å². The van der Waals surface area contributed by atoms with E-state index in [9.17, 15) is 4.79 Å². The maximum absolute atomic E-state index is 12.9. The number of aryl methyl sites for hydroxylation is 2. The second kappa shape index (κ2) is 6.64. The van der Waals surface area contributed by atoms with Crippen molar-refractivity contribution in [1.82, 2.24) is 9.80 Å². The molecular formula is C24H24N2O2. The van der Waals surface area contributed by atoms with Gasteiger partial charge in [0.25, 0.3) is 5.91 Å². The Labute approximate surface area is 165 Å². The van der Waals surface area contributed by atoms with E-state index >= 15 is 0 Å². The van der Waals surface area contributed by atoms with Crippen LogP contribution < -0.4 is 0 Å². The van der Waals surface area contributed by atoms with Gasteiger partial charge < -0.3 is 9.32 Å². The second-order valence-corrected chi connectivity index (χ2v) is 7.73. The van der Waals surface area contributed by atoms with E-state index in [1.165, 1.54) is 22.3 Å². The Balaban J connectivity index is 1.38. The van der Waals surface area contributed by atoms with Gasteiger partial charge in [0.1, 0.15) is 11.5 Å². The lowest BCUT2D eigenvalue weighted by atomic mass is 10.0. The smallest absolute Gasteiger partial charge is 0.257 e. The molecule has 1 aliphatic heterocycles. The first-order valence-corrected chi connectivity index (χ1v) is 9.92. The third-order valence-electron chi connectivity index (χ3n) is 6.04. The average Bonchev–Trinajstić information content (AvgIpc) is 3.24. The van der Waals surface area contributed by atoms with Crippen molar-refractivity contribution in [1.29, 1.82) is 0 Å². The van der Waals surface area contributed by atoms with Gasteiger partial charge in [-0.2, -0.15) is 0 Å². The molecule has 0 saturated carbocycles. The van der Waals surface area contributed by atoms with Gasteiger partial charge in [-0.15, -0.1) is 0 Å². The fourth-order valence-corrected chi connectivity index (χ4v) is 4.72. The van der Waals surface area contributed by atoms with Crippen molar-refractivity contribution in [2.45, 2.75) is 19.9 Å². The number of rotatable bonds is 2. The first-order chi connectivity index (χ1) is 13.6. The second-order valence-electron chi connectivity index (χ2n) is 7.73. The van der Waals surface area contributed by atoms with E-state index in [0.29, 0.717) is 11.3 Å². The number of carbonyl (C=O) groups excluding carboxylic acids is 1. The van der Waals surface area contributed by atoms with Gasteiger partial charge in [-0.1, -0.05) is 48.5 Å². The topological polar surface area (TPSA) is 36.7 Å². The fourth-order valence-electron chi connectivity index (χ4n) is 4.72. The average molecular weight is 372 g/mol. The molecule has 0 N–H and O–H groups in total. The van der Waals surface area contributed by atoms with Gasteiger partial charge >= 0.3 is 0 Å². The minimum Gasteiger partial charge on any atom is -0.466 e. The predicted molar refractivity (Wildman–Crippen MR) is 109 cm³/mol. The molecule has 2 aromatic carbocycles. The molecule has 1 aliphatic carbocycles. The molecule has 28 heavy (non-hydrogen) atoms. The number of hydrogen-bond acceptors (Lipinski definition) is 3. The third-order valence-corrected chi connectivity index (χ3v) is 6.04. The summed E-state index contributed by atoms with van der Waals surface area (Å²) in [6.07, 6.45) is 0. The zero-order valence-corrected chi connectivity index (χ0v) is 16.3. The molecule has 0 bridgehead atoms. The summed E-state index contributed by atoms with van der Waals surface area (Å²) in [5, 5.41) is 0. The first kappa shape index (κ1) is 17.3. The van der Waals surface area contributed by atoms with E-state index in [-0.39, 0.29) is 11.9 Å². The molecular weight excluding hydrogens is 348 g/mol. The van der Waals surface area contributed by atoms with Crippen LogP contribution in [0.2, 0.25) is 0 Å². The largest absolute Gasteiger partial charge is 0.466 e. The van der Waals surface area contributed by atoms with E-state index < -0.39 is 0 Å². The van der Waals surface area contributed by atoms with Gasteiger partial charge in [0, 0.05) is 26.2 Å². The fraction of sp³-hybridized carbons (Fsp3) is 0.292. The van der Waals surface area contributed by atoms with E-state index in [1.54, 1.807) is 0 Å². The molecule has 0 spiro atoms. The number of fused-ring (bicyclic) bond motifs is 3. The zero-order chi connectivity index (χ0) is 19.3. The summed E-state index contributed by atoms with van der Waals surface area (Å²) in [6, 6.07) is 19.5. The van der Waals surface area contributed by atoms with Crippen LogP contribution in [0.5, 0.6) is 0 Å². The van der Waals surface area contributed by atoms with Crippen molar-refractivity contribution >= 4 is 5.91 Å². The molecule has 2 heterocycles. The van der Waals surface area contributed by atoms with Gasteiger partial charge in [0.2, 0.25) is 0 Å². The number of hydrogen-bond donors (Lipinski definition) is 0. The van der Waals surface area contributed by atoms with Crippen molar-refractivity contribution in [3.05, 3.63) is 82.8 Å². The predicted octanol–water partition coefficient (Wildman–Crippen LogP) is 4.42. The summed E-state index contributed by atoms with van der Waals surface area (Å²) < 4.78 is 5.55. The summed E-state index contributed by atoms with van der Waals surface area (Å²) in [5.41, 5.74) is 6.13. The first-order valence-electron chi connectivity index (χ1n) is 9.92. The van der Waals surface area contributed by atoms with Crippen molar-refractivity contribution in [2.75, 3.05) is 26.2 Å². The number of carbonyl (C=O) groups is 1. The molecule has 1 saturated heterocycles. The Morgan fingerprint density at radius 2 is 1.46 bits per heavy atom. The lowest BCUT2D eigenvalue weighted by molar-refractivity contribution is 0.0598. The molecule has 4 heteroatoms. The summed E-state index contributed by atoms with van der Waals surface area (Å²) in [6.45, 7) is 6.97. The number of furan rings is 1. The van der Waals surface area contributed by atoms with E-state index in [0.717, 1.165) is 31.9 Å². The van der Waals surface area contributed by atoms with Crippen LogP contribution in [0.25, 0.3) is 11.1 Å². The van der Waals surface area contributed by atoms with Crippen molar-refractivity contribution in [2.24, 2.45) is 0 Å². The molecule has 3 aromatic rings. The summed E-state index contributed by atoms with van der Waals surface area (Å²) in [5.74, 6) is 1.59. The lowest BCUT2D eigenvalue weighted by Gasteiger charge is -2.38. The number of piperazine rings is 1. The van der Waals surface area contributed by atoms with E-state index in [2.05, 4.69) is 53.4 Å². The van der Waals surface area contributed by atoms with Crippen molar-refractivity contribution in [3.8, 4) is 11.1 Å². The summed E-state index contributed by atoms with van der Waals surface area (Å²) >= 11 is 0. The Morgan fingerprint density at radius 3 is 2.00 bits per heavy atom. The van der Waals surface area contributed by atoms with Crippen LogP contribution in [0.1, 0.15) is 39.0 Å². The molecule has 2 aliphatic rings. The Hall–Kier alpha value is -2.85. The zero-order valence-electron chi connectivity index (χ0n) is 16.3. The highest BCUT2D eigenvalue weighted by molar-refractivity contribution is 5.95. The molecule has 0 radical (unpaired) electrons. The molecule has 0 unspecified atom stereocenters. The quantitative estimate of drug-likeness (QED) is 0.668. The SMILES string of the molecule is Cc1cc(C(=O)N2CCN(C3c4ccccc4-c4ccccc43)CC2)c(C)o1. The van der Waals surface area contributed by atoms with E-state index in [4.69, 9.17) is 4.42 Å². The standard InChI is InChI=1S/C24H24N2O2/c1-16-15-22(17(2)28-16)24(27)26-13-11-25(12-14-26)23-20-9-5-3-7-18(20)19-8-4-6-10-21(19)23/h3-10,15,23H,11-14H2,1-2H3. The van der Waals surface area contributed by atoms with Gasteiger partial charge in [-0.25, -0.2) is 0 Å². The molecule has 5 rings (SSSR count). The molecule has 1 amide bonds. The minimum absolute atomic E-state index is 0.0845. The monoisotopic (exact) mass is 372 g/mol. The van der Waals surface area contributed by atoms with Crippen LogP contribution in [0.4, 0.5) is 0 Å². The lowest BCUT2D eigenvalue weighted by Crippen LogP contribution is -2.49. The van der Waals surface area contributed by atoms with Crippen LogP contribution >= 0.6 is 0 Å². The van der Waals surface area contributed by atoms with Gasteiger partial charge in [-0.05, 0) is 42.2 Å². The molecule has 4 nitrogen and oxygen atoms in total. The number of nitrogens with zero attached hydrogens (tertiary/aromatic N) is 2. The van der Waals surface area contributed by atoms with Crippen molar-refractivity contribution in [3.63, 3.8) is 0 Å². The Morgan fingerprint density at radius 1 is 0.893 bits per heavy atom. The normalized spacial score (nSPS) is 16.9. The van der Waals surface area contributed by atoms with Crippen LogP contribution in [0.15, 0.2) is 59.0 Å². The molecule has 1 aromatic heterocycles. The maximum atomic E-state index is 12.9. The minimum atomic E-state index is 0.0845. The van der Waals surface area contributed by atoms with Crippen LogP contribution in [0, 0.1) is 13.8 Å². The molecule has 142 valence electrons. The van der Waals surface area contributed by atoms with Gasteiger partial charge in [0.15, 0.2) is 0 Å². The molecule has 1 fully saturated rings. The highest BCUT2D eigenvalue weighted by Crippen LogP contribution is 2.46. The van der Waals surface area contributed by atoms with Crippen LogP contribution in [-0.2, 0) is 0 Å². The molecule has 0 atom stereocenters. The summed E-state index contributed by atoms with van der Waals surface area (Å²) in [4.78, 5) is 17.4. The van der Waals surface area contributed by atoms with E-state index in [1.807, 2.05) is 24.8 Å².